The van der Waals surface area contributed by atoms with E-state index in [2.05, 4.69) is 31.9 Å². The molecule has 7 heavy (non-hydrogen) atoms. The Hall–Kier alpha value is 0.660. The molecule has 0 saturated carbocycles. The number of aliphatic hydroxyl groups is 1. The van der Waals surface area contributed by atoms with E-state index in [1.165, 1.54) is 0 Å². The lowest BCUT2D eigenvalue weighted by molar-refractivity contribution is 0.244. The third-order valence-electron chi connectivity index (χ3n) is 0.367. The van der Waals surface area contributed by atoms with Gasteiger partial charge in [-0.25, -0.2) is 0 Å². The SMILES string of the molecule is CC(O)C=C(Br)Br. The van der Waals surface area contributed by atoms with Gasteiger partial charge in [0.15, 0.2) is 0 Å². The standard InChI is InChI=1S/C4H6Br2O/c1-3(7)2-4(5)6/h2-3,7H,1H3. The van der Waals surface area contributed by atoms with Crippen LogP contribution in [0.4, 0.5) is 0 Å². The first-order valence-electron chi connectivity index (χ1n) is 1.84. The van der Waals surface area contributed by atoms with Crippen LogP contribution in [0.2, 0.25) is 0 Å². The number of hydrogen-bond acceptors (Lipinski definition) is 1. The molecule has 0 aliphatic heterocycles. The predicted molar refractivity (Wildman–Crippen MR) is 37.6 cm³/mol. The minimum absolute atomic E-state index is 0.381. The Balaban J connectivity index is 3.45. The highest BCUT2D eigenvalue weighted by atomic mass is 79.9. The molecule has 0 aromatic carbocycles. The van der Waals surface area contributed by atoms with Crippen molar-refractivity contribution in [2.45, 2.75) is 13.0 Å². The second kappa shape index (κ2) is 3.64. The van der Waals surface area contributed by atoms with Gasteiger partial charge in [-0.3, -0.25) is 0 Å². The summed E-state index contributed by atoms with van der Waals surface area (Å²) in [5, 5.41) is 8.59. The quantitative estimate of drug-likeness (QED) is 0.730. The van der Waals surface area contributed by atoms with Gasteiger partial charge in [0, 0.05) is 0 Å². The molecule has 0 spiro atoms. The molecule has 0 amide bonds. The van der Waals surface area contributed by atoms with Gasteiger partial charge < -0.3 is 5.11 Å². The third-order valence-corrected chi connectivity index (χ3v) is 0.896. The first kappa shape index (κ1) is 7.66. The fraction of sp³-hybridized carbons (Fsp3) is 0.500. The predicted octanol–water partition coefficient (Wildman–Crippen LogP) is 2.00. The Morgan fingerprint density at radius 2 is 2.14 bits per heavy atom. The highest BCUT2D eigenvalue weighted by Gasteiger charge is 1.86. The zero-order valence-electron chi connectivity index (χ0n) is 3.86. The molecule has 0 aromatic rings. The van der Waals surface area contributed by atoms with Gasteiger partial charge in [-0.15, -0.1) is 0 Å². The maximum absolute atomic E-state index is 8.59. The van der Waals surface area contributed by atoms with E-state index in [0.29, 0.717) is 0 Å². The van der Waals surface area contributed by atoms with E-state index in [4.69, 9.17) is 5.11 Å². The van der Waals surface area contributed by atoms with Crippen LogP contribution in [0.25, 0.3) is 0 Å². The van der Waals surface area contributed by atoms with Crippen molar-refractivity contribution < 1.29 is 5.11 Å². The van der Waals surface area contributed by atoms with Crippen LogP contribution in [0, 0.1) is 0 Å². The molecule has 0 aromatic heterocycles. The molecule has 0 radical (unpaired) electrons. The highest BCUT2D eigenvalue weighted by molar-refractivity contribution is 9.28. The minimum Gasteiger partial charge on any atom is -0.389 e. The summed E-state index contributed by atoms with van der Waals surface area (Å²) in [6, 6.07) is 0. The van der Waals surface area contributed by atoms with Crippen molar-refractivity contribution in [1.82, 2.24) is 0 Å². The van der Waals surface area contributed by atoms with Crippen molar-refractivity contribution in [2.75, 3.05) is 0 Å². The molecule has 0 aliphatic carbocycles. The van der Waals surface area contributed by atoms with Crippen molar-refractivity contribution in [1.29, 1.82) is 0 Å². The Morgan fingerprint density at radius 3 is 2.14 bits per heavy atom. The summed E-state index contributed by atoms with van der Waals surface area (Å²) >= 11 is 6.19. The average molecular weight is 230 g/mol. The van der Waals surface area contributed by atoms with Crippen LogP contribution >= 0.6 is 31.9 Å². The summed E-state index contributed by atoms with van der Waals surface area (Å²) in [7, 11) is 0. The molecule has 42 valence electrons. The molecule has 1 unspecified atom stereocenters. The second-order valence-electron chi connectivity index (χ2n) is 1.20. The molecule has 0 bridgehead atoms. The largest absolute Gasteiger partial charge is 0.389 e. The van der Waals surface area contributed by atoms with Gasteiger partial charge in [-0.1, -0.05) is 0 Å². The molecule has 0 heterocycles. The molecule has 0 rings (SSSR count). The zero-order chi connectivity index (χ0) is 5.86. The van der Waals surface area contributed by atoms with E-state index in [1.807, 2.05) is 0 Å². The Labute approximate surface area is 59.7 Å². The van der Waals surface area contributed by atoms with Crippen LogP contribution in [0.5, 0.6) is 0 Å². The minimum atomic E-state index is -0.381. The maximum Gasteiger partial charge on any atom is 0.0711 e. The van der Waals surface area contributed by atoms with Gasteiger partial charge in [0.25, 0.3) is 0 Å². The lowest BCUT2D eigenvalue weighted by Crippen LogP contribution is -1.90. The zero-order valence-corrected chi connectivity index (χ0v) is 7.03. The lowest BCUT2D eigenvalue weighted by atomic mass is 10.4. The first-order chi connectivity index (χ1) is 3.13. The average Bonchev–Trinajstić information content (AvgIpc) is 1.27. The van der Waals surface area contributed by atoms with Crippen LogP contribution < -0.4 is 0 Å². The Morgan fingerprint density at radius 1 is 1.71 bits per heavy atom. The first-order valence-corrected chi connectivity index (χ1v) is 3.42. The normalized spacial score (nSPS) is 13.1. The molecule has 1 N–H and O–H groups in total. The van der Waals surface area contributed by atoms with Crippen molar-refractivity contribution in [2.24, 2.45) is 0 Å². The fourth-order valence-corrected chi connectivity index (χ4v) is 0.947. The smallest absolute Gasteiger partial charge is 0.0711 e. The molecule has 3 heteroatoms. The lowest BCUT2D eigenvalue weighted by Gasteiger charge is -1.90. The van der Waals surface area contributed by atoms with Gasteiger partial charge in [-0.2, -0.15) is 0 Å². The van der Waals surface area contributed by atoms with Crippen LogP contribution in [-0.4, -0.2) is 11.2 Å². The van der Waals surface area contributed by atoms with Crippen molar-refractivity contribution in [3.05, 3.63) is 9.47 Å². The van der Waals surface area contributed by atoms with E-state index >= 15 is 0 Å². The van der Waals surface area contributed by atoms with Gasteiger partial charge in [0.1, 0.15) is 0 Å². The molecular formula is C4H6Br2O. The number of aliphatic hydroxyl groups excluding tert-OH is 1. The third kappa shape index (κ3) is 6.66. The molecule has 0 aliphatic rings. The van der Waals surface area contributed by atoms with Crippen LogP contribution in [-0.2, 0) is 0 Å². The van der Waals surface area contributed by atoms with Crippen LogP contribution in [0.3, 0.4) is 0 Å². The fourth-order valence-electron chi connectivity index (χ4n) is 0.182. The second-order valence-corrected chi connectivity index (χ2v) is 3.97. The summed E-state index contributed by atoms with van der Waals surface area (Å²) in [4.78, 5) is 0. The van der Waals surface area contributed by atoms with Crippen LogP contribution in [0.15, 0.2) is 9.47 Å². The molecular weight excluding hydrogens is 224 g/mol. The van der Waals surface area contributed by atoms with Gasteiger partial charge in [0.05, 0.1) is 9.50 Å². The van der Waals surface area contributed by atoms with E-state index in [0.717, 1.165) is 3.39 Å². The summed E-state index contributed by atoms with van der Waals surface area (Å²) in [5.41, 5.74) is 0. The van der Waals surface area contributed by atoms with Gasteiger partial charge in [0.2, 0.25) is 0 Å². The van der Waals surface area contributed by atoms with E-state index in [-0.39, 0.29) is 6.10 Å². The van der Waals surface area contributed by atoms with Gasteiger partial charge >= 0.3 is 0 Å². The summed E-state index contributed by atoms with van der Waals surface area (Å²) < 4.78 is 0.787. The van der Waals surface area contributed by atoms with Gasteiger partial charge in [-0.05, 0) is 44.9 Å². The van der Waals surface area contributed by atoms with Crippen molar-refractivity contribution >= 4 is 31.9 Å². The molecule has 1 nitrogen and oxygen atoms in total. The molecule has 1 atom stereocenters. The summed E-state index contributed by atoms with van der Waals surface area (Å²) in [6.07, 6.45) is 1.26. The van der Waals surface area contributed by atoms with Crippen molar-refractivity contribution in [3.63, 3.8) is 0 Å². The monoisotopic (exact) mass is 228 g/mol. The Bertz CT molecular complexity index is 73.8. The van der Waals surface area contributed by atoms with Crippen LogP contribution in [0.1, 0.15) is 6.92 Å². The van der Waals surface area contributed by atoms with Crippen molar-refractivity contribution in [3.8, 4) is 0 Å². The number of rotatable bonds is 1. The summed E-state index contributed by atoms with van der Waals surface area (Å²) in [5.74, 6) is 0. The topological polar surface area (TPSA) is 20.2 Å². The molecule has 0 saturated heterocycles. The molecule has 0 fully saturated rings. The van der Waals surface area contributed by atoms with E-state index in [9.17, 15) is 0 Å². The number of hydrogen-bond donors (Lipinski definition) is 1. The maximum atomic E-state index is 8.59. The van der Waals surface area contributed by atoms with E-state index < -0.39 is 0 Å². The Kier molecular flexibility index (Phi) is 3.98. The van der Waals surface area contributed by atoms with E-state index in [1.54, 1.807) is 13.0 Å². The highest BCUT2D eigenvalue weighted by Crippen LogP contribution is 2.12. The summed E-state index contributed by atoms with van der Waals surface area (Å²) in [6.45, 7) is 1.68. The number of halogens is 2.